The minimum Gasteiger partial charge on any atom is -0.482 e. The third-order valence-corrected chi connectivity index (χ3v) is 5.06. The van der Waals surface area contributed by atoms with E-state index < -0.39 is 0 Å². The van der Waals surface area contributed by atoms with Gasteiger partial charge in [-0.05, 0) is 30.7 Å². The molecular weight excluding hydrogens is 423 g/mol. The second kappa shape index (κ2) is 10.0. The first-order valence-corrected chi connectivity index (χ1v) is 9.72. The molecule has 0 bridgehead atoms. The molecule has 0 saturated carbocycles. The monoisotopic (exact) mass is 442 g/mol. The summed E-state index contributed by atoms with van der Waals surface area (Å²) in [6.07, 6.45) is 0. The highest BCUT2D eigenvalue weighted by atomic mass is 35.5. The van der Waals surface area contributed by atoms with E-state index in [2.05, 4.69) is 0 Å². The zero-order valence-electron chi connectivity index (χ0n) is 15.8. The third-order valence-electron chi connectivity index (χ3n) is 4.04. The van der Waals surface area contributed by atoms with Gasteiger partial charge >= 0.3 is 0 Å². The van der Waals surface area contributed by atoms with Gasteiger partial charge in [-0.3, -0.25) is 9.59 Å². The first-order chi connectivity index (χ1) is 13.2. The van der Waals surface area contributed by atoms with Crippen LogP contribution in [-0.2, 0) is 11.3 Å². The Bertz CT molecular complexity index is 855. The maximum atomic E-state index is 12.5. The maximum absolute atomic E-state index is 12.5. The normalized spacial score (nSPS) is 10.5. The summed E-state index contributed by atoms with van der Waals surface area (Å²) >= 11 is 17.9. The van der Waals surface area contributed by atoms with Crippen molar-refractivity contribution in [2.45, 2.75) is 13.5 Å². The van der Waals surface area contributed by atoms with Crippen LogP contribution in [0.2, 0.25) is 15.1 Å². The van der Waals surface area contributed by atoms with Crippen molar-refractivity contribution >= 4 is 46.6 Å². The Morgan fingerprint density at radius 1 is 0.964 bits per heavy atom. The van der Waals surface area contributed by atoms with Gasteiger partial charge in [0.05, 0.1) is 15.1 Å². The quantitative estimate of drug-likeness (QED) is 0.579. The highest BCUT2D eigenvalue weighted by molar-refractivity contribution is 6.43. The Labute approximate surface area is 179 Å². The summed E-state index contributed by atoms with van der Waals surface area (Å²) in [5, 5.41) is 0.899. The average molecular weight is 444 g/mol. The SMILES string of the molecule is CCN(Cc1ccc(C(=O)N(C)C)cc1)C(=O)COc1cc(Cl)c(Cl)cc1Cl. The lowest BCUT2D eigenvalue weighted by atomic mass is 10.1. The van der Waals surface area contributed by atoms with E-state index in [4.69, 9.17) is 39.5 Å². The summed E-state index contributed by atoms with van der Waals surface area (Å²) in [5.41, 5.74) is 1.51. The number of hydrogen-bond acceptors (Lipinski definition) is 3. The molecule has 5 nitrogen and oxygen atoms in total. The number of hydrogen-bond donors (Lipinski definition) is 0. The van der Waals surface area contributed by atoms with Gasteiger partial charge in [-0.2, -0.15) is 0 Å². The highest BCUT2D eigenvalue weighted by Gasteiger charge is 2.15. The van der Waals surface area contributed by atoms with E-state index in [9.17, 15) is 9.59 Å². The van der Waals surface area contributed by atoms with Crippen molar-refractivity contribution in [2.75, 3.05) is 27.2 Å². The van der Waals surface area contributed by atoms with Crippen molar-refractivity contribution in [2.24, 2.45) is 0 Å². The number of carbonyl (C=O) groups excluding carboxylic acids is 2. The standard InChI is InChI=1S/C20H21Cl3N2O3/c1-4-25(11-13-5-7-14(8-6-13)20(27)24(2)3)19(26)12-28-18-10-16(22)15(21)9-17(18)23/h5-10H,4,11-12H2,1-3H3. The lowest BCUT2D eigenvalue weighted by molar-refractivity contribution is -0.133. The number of benzene rings is 2. The van der Waals surface area contributed by atoms with Gasteiger partial charge in [-0.15, -0.1) is 0 Å². The van der Waals surface area contributed by atoms with Crippen LogP contribution in [-0.4, -0.2) is 48.9 Å². The van der Waals surface area contributed by atoms with Crippen LogP contribution in [0.4, 0.5) is 0 Å². The van der Waals surface area contributed by atoms with Crippen LogP contribution in [0, 0.1) is 0 Å². The Kier molecular flexibility index (Phi) is 7.98. The first-order valence-electron chi connectivity index (χ1n) is 8.58. The van der Waals surface area contributed by atoms with Gasteiger partial charge in [0.15, 0.2) is 6.61 Å². The van der Waals surface area contributed by atoms with Crippen LogP contribution in [0.25, 0.3) is 0 Å². The molecule has 8 heteroatoms. The first kappa shape index (κ1) is 22.3. The molecular formula is C20H21Cl3N2O3. The number of carbonyl (C=O) groups is 2. The number of ether oxygens (including phenoxy) is 1. The molecule has 0 unspecified atom stereocenters. The van der Waals surface area contributed by atoms with E-state index in [1.807, 2.05) is 19.1 Å². The van der Waals surface area contributed by atoms with Gasteiger partial charge in [-0.1, -0.05) is 46.9 Å². The molecule has 0 radical (unpaired) electrons. The zero-order valence-corrected chi connectivity index (χ0v) is 18.1. The Balaban J connectivity index is 2.00. The average Bonchev–Trinajstić information content (AvgIpc) is 2.67. The molecule has 2 aromatic rings. The molecule has 2 aromatic carbocycles. The molecule has 0 heterocycles. The fourth-order valence-corrected chi connectivity index (χ4v) is 3.04. The van der Waals surface area contributed by atoms with E-state index in [0.717, 1.165) is 5.56 Å². The largest absolute Gasteiger partial charge is 0.482 e. The number of halogens is 3. The molecule has 0 aromatic heterocycles. The van der Waals surface area contributed by atoms with Crippen molar-refractivity contribution in [3.8, 4) is 5.75 Å². The molecule has 0 saturated heterocycles. The molecule has 0 fully saturated rings. The molecule has 0 aliphatic carbocycles. The topological polar surface area (TPSA) is 49.9 Å². The summed E-state index contributed by atoms with van der Waals surface area (Å²) in [5.74, 6) is 0.0342. The zero-order chi connectivity index (χ0) is 20.8. The fourth-order valence-electron chi connectivity index (χ4n) is 2.45. The molecule has 0 spiro atoms. The summed E-state index contributed by atoms with van der Waals surface area (Å²) < 4.78 is 5.52. The van der Waals surface area contributed by atoms with Crippen molar-refractivity contribution in [1.29, 1.82) is 0 Å². The second-order valence-electron chi connectivity index (χ2n) is 6.29. The van der Waals surface area contributed by atoms with Gasteiger partial charge < -0.3 is 14.5 Å². The Morgan fingerprint density at radius 2 is 1.57 bits per heavy atom. The van der Waals surface area contributed by atoms with E-state index in [0.29, 0.717) is 34.4 Å². The minimum atomic E-state index is -0.196. The van der Waals surface area contributed by atoms with E-state index >= 15 is 0 Å². The molecule has 2 amide bonds. The smallest absolute Gasteiger partial charge is 0.260 e. The van der Waals surface area contributed by atoms with Crippen molar-refractivity contribution in [1.82, 2.24) is 9.80 Å². The van der Waals surface area contributed by atoms with Gasteiger partial charge in [0.2, 0.25) is 0 Å². The van der Waals surface area contributed by atoms with E-state index in [-0.39, 0.29) is 23.4 Å². The van der Waals surface area contributed by atoms with Gasteiger partial charge in [0.1, 0.15) is 5.75 Å². The molecule has 0 aliphatic heterocycles. The van der Waals surface area contributed by atoms with Crippen molar-refractivity contribution in [3.05, 3.63) is 62.6 Å². The number of amides is 2. The summed E-state index contributed by atoms with van der Waals surface area (Å²) in [6, 6.07) is 10.1. The Morgan fingerprint density at radius 3 is 2.14 bits per heavy atom. The molecule has 28 heavy (non-hydrogen) atoms. The number of likely N-dealkylation sites (N-methyl/N-ethyl adjacent to an activating group) is 1. The van der Waals surface area contributed by atoms with E-state index in [1.54, 1.807) is 31.1 Å². The van der Waals surface area contributed by atoms with Crippen LogP contribution in [0.15, 0.2) is 36.4 Å². The van der Waals surface area contributed by atoms with Gasteiger partial charge in [0, 0.05) is 38.8 Å². The third kappa shape index (κ3) is 5.77. The predicted octanol–water partition coefficient (Wildman–Crippen LogP) is 4.78. The van der Waals surface area contributed by atoms with Crippen LogP contribution in [0.5, 0.6) is 5.75 Å². The minimum absolute atomic E-state index is 0.0677. The maximum Gasteiger partial charge on any atom is 0.260 e. The van der Waals surface area contributed by atoms with Crippen LogP contribution in [0.1, 0.15) is 22.8 Å². The van der Waals surface area contributed by atoms with Gasteiger partial charge in [0.25, 0.3) is 11.8 Å². The number of nitrogens with zero attached hydrogens (tertiary/aromatic N) is 2. The molecule has 2 rings (SSSR count). The van der Waals surface area contributed by atoms with E-state index in [1.165, 1.54) is 17.0 Å². The summed E-state index contributed by atoms with van der Waals surface area (Å²) in [7, 11) is 3.40. The summed E-state index contributed by atoms with van der Waals surface area (Å²) in [6.45, 7) is 2.62. The summed E-state index contributed by atoms with van der Waals surface area (Å²) in [4.78, 5) is 27.6. The van der Waals surface area contributed by atoms with Crippen molar-refractivity contribution in [3.63, 3.8) is 0 Å². The molecule has 0 aliphatic rings. The number of rotatable bonds is 7. The Hall–Kier alpha value is -1.95. The van der Waals surface area contributed by atoms with Crippen LogP contribution in [0.3, 0.4) is 0 Å². The van der Waals surface area contributed by atoms with Crippen LogP contribution >= 0.6 is 34.8 Å². The van der Waals surface area contributed by atoms with Gasteiger partial charge in [-0.25, -0.2) is 0 Å². The fraction of sp³-hybridized carbons (Fsp3) is 0.300. The molecule has 0 atom stereocenters. The molecule has 150 valence electrons. The lowest BCUT2D eigenvalue weighted by Crippen LogP contribution is -2.34. The van der Waals surface area contributed by atoms with Crippen molar-refractivity contribution < 1.29 is 14.3 Å². The second-order valence-corrected chi connectivity index (χ2v) is 7.51. The molecule has 0 N–H and O–H groups in total. The predicted molar refractivity (Wildman–Crippen MR) is 113 cm³/mol. The lowest BCUT2D eigenvalue weighted by Gasteiger charge is -2.21. The highest BCUT2D eigenvalue weighted by Crippen LogP contribution is 2.33. The van der Waals surface area contributed by atoms with Crippen LogP contribution < -0.4 is 4.74 Å².